The second kappa shape index (κ2) is 6.55. The van der Waals surface area contributed by atoms with Gasteiger partial charge in [-0.1, -0.05) is 0 Å². The van der Waals surface area contributed by atoms with E-state index in [4.69, 9.17) is 19.9 Å². The van der Waals surface area contributed by atoms with Crippen molar-refractivity contribution < 1.29 is 27.4 Å². The van der Waals surface area contributed by atoms with E-state index < -0.39 is 11.9 Å². The number of hydrogen-bond donors (Lipinski definition) is 1. The van der Waals surface area contributed by atoms with Crippen LogP contribution in [0.4, 0.5) is 19.0 Å². The number of nitrogen functional groups attached to an aromatic ring is 1. The van der Waals surface area contributed by atoms with Gasteiger partial charge in [0, 0.05) is 12.4 Å². The molecule has 1 aliphatic rings. The lowest BCUT2D eigenvalue weighted by Crippen LogP contribution is -2.10. The molecule has 28 heavy (non-hydrogen) atoms. The number of anilines is 1. The van der Waals surface area contributed by atoms with Crippen molar-refractivity contribution in [1.82, 2.24) is 19.7 Å². The predicted molar refractivity (Wildman–Crippen MR) is 94.4 cm³/mol. The van der Waals surface area contributed by atoms with Crippen molar-refractivity contribution in [3.05, 3.63) is 34.7 Å². The molecular formula is C16H11BrF3N5O3. The molecule has 0 bridgehead atoms. The van der Waals surface area contributed by atoms with E-state index in [0.29, 0.717) is 16.0 Å². The van der Waals surface area contributed by atoms with E-state index in [0.717, 1.165) is 4.68 Å². The monoisotopic (exact) mass is 457 g/mol. The number of halogens is 4. The lowest BCUT2D eigenvalue weighted by atomic mass is 10.0. The van der Waals surface area contributed by atoms with Gasteiger partial charge in [0.15, 0.2) is 17.2 Å². The van der Waals surface area contributed by atoms with Gasteiger partial charge in [-0.05, 0) is 33.6 Å². The Kier molecular flexibility index (Phi) is 4.29. The largest absolute Gasteiger partial charge is 0.478 e. The lowest BCUT2D eigenvalue weighted by molar-refractivity contribution is -0.140. The molecule has 12 heteroatoms. The fraction of sp³-hybridized carbons (Fsp3) is 0.188. The molecule has 146 valence electrons. The van der Waals surface area contributed by atoms with Gasteiger partial charge in [0.25, 0.3) is 5.88 Å². The first-order valence-corrected chi connectivity index (χ1v) is 8.51. The fourth-order valence-electron chi connectivity index (χ4n) is 2.79. The standard InChI is InChI=1S/C16H11BrF3N5O3/c1-26-15-14(22-2-3-23-15)25-13(21)10(12(24-25)16(18,19)20)7-4-8(17)11-9(5-7)27-6-28-11/h2-5H,6,21H2,1H3. The van der Waals surface area contributed by atoms with Gasteiger partial charge in [-0.3, -0.25) is 0 Å². The van der Waals surface area contributed by atoms with Gasteiger partial charge in [0.05, 0.1) is 17.1 Å². The molecule has 0 radical (unpaired) electrons. The van der Waals surface area contributed by atoms with Crippen molar-refractivity contribution in [3.8, 4) is 34.3 Å². The zero-order chi connectivity index (χ0) is 20.1. The summed E-state index contributed by atoms with van der Waals surface area (Å²) in [6.45, 7) is -0.0327. The summed E-state index contributed by atoms with van der Waals surface area (Å²) < 4.78 is 58.1. The summed E-state index contributed by atoms with van der Waals surface area (Å²) in [5.74, 6) is 0.320. The maximum absolute atomic E-state index is 13.7. The minimum atomic E-state index is -4.77. The topological polar surface area (TPSA) is 97.3 Å². The SMILES string of the molecule is COc1nccnc1-n1nc(C(F)(F)F)c(-c2cc(Br)c3c(c2)OCO3)c1N. The van der Waals surface area contributed by atoms with Crippen LogP contribution in [-0.2, 0) is 6.18 Å². The van der Waals surface area contributed by atoms with Crippen molar-refractivity contribution in [2.45, 2.75) is 6.18 Å². The molecule has 0 saturated carbocycles. The second-order valence-corrected chi connectivity index (χ2v) is 6.45. The van der Waals surface area contributed by atoms with Crippen LogP contribution < -0.4 is 19.9 Å². The van der Waals surface area contributed by atoms with Gasteiger partial charge in [0.1, 0.15) is 5.82 Å². The van der Waals surface area contributed by atoms with Crippen LogP contribution in [0.15, 0.2) is 29.0 Å². The van der Waals surface area contributed by atoms with Crippen LogP contribution in [0.3, 0.4) is 0 Å². The molecule has 0 unspecified atom stereocenters. The van der Waals surface area contributed by atoms with E-state index in [1.807, 2.05) is 0 Å². The van der Waals surface area contributed by atoms with Gasteiger partial charge in [-0.2, -0.15) is 23.0 Å². The summed E-state index contributed by atoms with van der Waals surface area (Å²) in [7, 11) is 1.31. The maximum Gasteiger partial charge on any atom is 0.435 e. The summed E-state index contributed by atoms with van der Waals surface area (Å²) in [4.78, 5) is 7.92. The first-order chi connectivity index (χ1) is 13.3. The quantitative estimate of drug-likeness (QED) is 0.643. The predicted octanol–water partition coefficient (Wildman–Crippen LogP) is 3.43. The Morgan fingerprint density at radius 3 is 2.68 bits per heavy atom. The van der Waals surface area contributed by atoms with Crippen LogP contribution in [-0.4, -0.2) is 33.7 Å². The molecule has 1 aliphatic heterocycles. The lowest BCUT2D eigenvalue weighted by Gasteiger charge is -2.09. The van der Waals surface area contributed by atoms with E-state index in [9.17, 15) is 13.2 Å². The Labute approximate surface area is 164 Å². The first kappa shape index (κ1) is 18.3. The Bertz CT molecular complexity index is 1070. The van der Waals surface area contributed by atoms with Crippen molar-refractivity contribution in [3.63, 3.8) is 0 Å². The summed E-state index contributed by atoms with van der Waals surface area (Å²) in [6.07, 6.45) is -2.14. The Morgan fingerprint density at radius 1 is 1.21 bits per heavy atom. The van der Waals surface area contributed by atoms with Gasteiger partial charge >= 0.3 is 6.18 Å². The normalized spacial score (nSPS) is 13.0. The molecule has 0 spiro atoms. The minimum absolute atomic E-state index is 0.0242. The molecule has 0 aliphatic carbocycles. The Morgan fingerprint density at radius 2 is 1.96 bits per heavy atom. The summed E-state index contributed by atoms with van der Waals surface area (Å²) in [5.41, 5.74) is 4.72. The van der Waals surface area contributed by atoms with Crippen LogP contribution >= 0.6 is 15.9 Å². The first-order valence-electron chi connectivity index (χ1n) is 7.72. The summed E-state index contributed by atoms with van der Waals surface area (Å²) >= 11 is 3.27. The molecule has 3 aromatic rings. The number of hydrogen-bond acceptors (Lipinski definition) is 7. The molecule has 4 rings (SSSR count). The van der Waals surface area contributed by atoms with Gasteiger partial charge in [-0.25, -0.2) is 9.97 Å². The number of nitrogens with two attached hydrogens (primary N) is 1. The molecule has 2 aromatic heterocycles. The molecule has 0 amide bonds. The van der Waals surface area contributed by atoms with Crippen molar-refractivity contribution in [2.24, 2.45) is 0 Å². The van der Waals surface area contributed by atoms with Crippen LogP contribution in [0.5, 0.6) is 17.4 Å². The summed E-state index contributed by atoms with van der Waals surface area (Å²) in [5, 5.41) is 3.66. The third kappa shape index (κ3) is 2.89. The highest BCUT2D eigenvalue weighted by Gasteiger charge is 2.40. The molecule has 0 saturated heterocycles. The minimum Gasteiger partial charge on any atom is -0.478 e. The number of fused-ring (bicyclic) bond motifs is 1. The summed E-state index contributed by atoms with van der Waals surface area (Å²) in [6, 6.07) is 2.86. The number of aromatic nitrogens is 4. The third-order valence-corrected chi connectivity index (χ3v) is 4.54. The van der Waals surface area contributed by atoms with Crippen LogP contribution in [0.25, 0.3) is 16.9 Å². The number of methoxy groups -OCH3 is 1. The average molecular weight is 458 g/mol. The number of benzene rings is 1. The molecule has 3 heterocycles. The molecule has 0 atom stereocenters. The van der Waals surface area contributed by atoms with Gasteiger partial charge in [-0.15, -0.1) is 0 Å². The molecular weight excluding hydrogens is 447 g/mol. The molecule has 1 aromatic carbocycles. The number of rotatable bonds is 3. The molecule has 0 fully saturated rings. The number of alkyl halides is 3. The maximum atomic E-state index is 13.7. The van der Waals surface area contributed by atoms with Crippen molar-refractivity contribution in [2.75, 3.05) is 19.6 Å². The van der Waals surface area contributed by atoms with Crippen LogP contribution in [0.2, 0.25) is 0 Å². The Balaban J connectivity index is 1.98. The zero-order valence-corrected chi connectivity index (χ0v) is 15.7. The highest BCUT2D eigenvalue weighted by molar-refractivity contribution is 9.10. The zero-order valence-electron chi connectivity index (χ0n) is 14.1. The van der Waals surface area contributed by atoms with Crippen LogP contribution in [0, 0.1) is 0 Å². The van der Waals surface area contributed by atoms with E-state index in [-0.39, 0.29) is 35.4 Å². The Hall–Kier alpha value is -3.02. The fourth-order valence-corrected chi connectivity index (χ4v) is 3.35. The number of ether oxygens (including phenoxy) is 3. The second-order valence-electron chi connectivity index (χ2n) is 5.60. The van der Waals surface area contributed by atoms with E-state index in [2.05, 4.69) is 31.0 Å². The molecule has 2 N–H and O–H groups in total. The van der Waals surface area contributed by atoms with Gasteiger partial charge in [0.2, 0.25) is 12.6 Å². The average Bonchev–Trinajstić information content (AvgIpc) is 3.26. The number of nitrogens with zero attached hydrogens (tertiary/aromatic N) is 4. The van der Waals surface area contributed by atoms with E-state index >= 15 is 0 Å². The van der Waals surface area contributed by atoms with E-state index in [1.54, 1.807) is 0 Å². The van der Waals surface area contributed by atoms with Crippen molar-refractivity contribution >= 4 is 21.7 Å². The highest BCUT2D eigenvalue weighted by atomic mass is 79.9. The van der Waals surface area contributed by atoms with Crippen molar-refractivity contribution in [1.29, 1.82) is 0 Å². The molecule has 8 nitrogen and oxygen atoms in total. The smallest absolute Gasteiger partial charge is 0.435 e. The third-order valence-electron chi connectivity index (χ3n) is 3.95. The van der Waals surface area contributed by atoms with Crippen LogP contribution in [0.1, 0.15) is 5.69 Å². The van der Waals surface area contributed by atoms with Gasteiger partial charge < -0.3 is 19.9 Å². The van der Waals surface area contributed by atoms with E-state index in [1.165, 1.54) is 31.6 Å². The highest BCUT2D eigenvalue weighted by Crippen LogP contribution is 2.47.